The lowest BCUT2D eigenvalue weighted by Gasteiger charge is -2.20. The van der Waals surface area contributed by atoms with Crippen LogP contribution in [0.15, 0.2) is 0 Å². The Morgan fingerprint density at radius 3 is 1.14 bits per heavy atom. The second-order valence-corrected chi connectivity index (χ2v) is 5.75. The summed E-state index contributed by atoms with van der Waals surface area (Å²) in [6.07, 6.45) is 5.01. The Morgan fingerprint density at radius 1 is 0.682 bits per heavy atom. The van der Waals surface area contributed by atoms with Crippen molar-refractivity contribution in [1.82, 2.24) is 0 Å². The average molecular weight is 316 g/mol. The molecule has 0 aromatic rings. The van der Waals surface area contributed by atoms with Gasteiger partial charge in [0.2, 0.25) is 0 Å². The van der Waals surface area contributed by atoms with Gasteiger partial charge in [0.25, 0.3) is 0 Å². The molecule has 0 aromatic heterocycles. The maximum Gasteiger partial charge on any atom is 0.145 e. The highest BCUT2D eigenvalue weighted by molar-refractivity contribution is 5.18. The number of aliphatic hydroxyl groups is 3. The topological polar surface area (TPSA) is 88.4 Å². The van der Waals surface area contributed by atoms with Gasteiger partial charge >= 0.3 is 0 Å². The van der Waals surface area contributed by atoms with Crippen LogP contribution in [0, 0.1) is 24.2 Å². The van der Waals surface area contributed by atoms with Gasteiger partial charge < -0.3 is 29.5 Å². The standard InChI is InChI=1S/C10H18O4.C6H10O2/c1-9(2,13-7-11)5-6-10(3,4)14-8-12;1-4-6(2,3)8-5-7/h11-12H,7-8H2,1-4H3;1,7H,5H2,2-3H3. The van der Waals surface area contributed by atoms with E-state index in [4.69, 9.17) is 36.0 Å². The van der Waals surface area contributed by atoms with E-state index in [1.54, 1.807) is 41.5 Å². The summed E-state index contributed by atoms with van der Waals surface area (Å²) in [5.74, 6) is 7.99. The van der Waals surface area contributed by atoms with E-state index in [0.29, 0.717) is 0 Å². The van der Waals surface area contributed by atoms with Crippen LogP contribution < -0.4 is 0 Å². The predicted octanol–water partition coefficient (Wildman–Crippen LogP) is 0.844. The smallest absolute Gasteiger partial charge is 0.145 e. The van der Waals surface area contributed by atoms with Gasteiger partial charge in [-0.15, -0.1) is 6.42 Å². The van der Waals surface area contributed by atoms with Crippen LogP contribution in [0.5, 0.6) is 0 Å². The molecule has 0 aromatic carbocycles. The molecule has 0 saturated heterocycles. The third-order valence-corrected chi connectivity index (χ3v) is 2.29. The van der Waals surface area contributed by atoms with Gasteiger partial charge in [-0.05, 0) is 41.5 Å². The molecular weight excluding hydrogens is 288 g/mol. The third kappa shape index (κ3) is 13.8. The SMILES string of the molecule is C#CC(C)(C)OCO.CC(C)(C#CC(C)(C)OCO)OCO. The maximum atomic E-state index is 8.57. The first kappa shape index (κ1) is 23.2. The lowest BCUT2D eigenvalue weighted by Crippen LogP contribution is -2.27. The molecule has 0 aliphatic carbocycles. The normalized spacial score (nSPS) is 11.6. The number of hydrogen-bond acceptors (Lipinski definition) is 6. The van der Waals surface area contributed by atoms with Crippen LogP contribution in [-0.2, 0) is 14.2 Å². The monoisotopic (exact) mass is 316 g/mol. The molecule has 0 bridgehead atoms. The number of aliphatic hydroxyl groups excluding tert-OH is 3. The highest BCUT2D eigenvalue weighted by Crippen LogP contribution is 2.10. The first-order valence-corrected chi connectivity index (χ1v) is 6.72. The van der Waals surface area contributed by atoms with Crippen molar-refractivity contribution in [2.45, 2.75) is 58.3 Å². The fourth-order valence-electron chi connectivity index (χ4n) is 0.899. The Kier molecular flexibility index (Phi) is 11.1. The molecule has 0 radical (unpaired) electrons. The molecule has 0 saturated carbocycles. The molecule has 22 heavy (non-hydrogen) atoms. The Bertz CT molecular complexity index is 373. The summed E-state index contributed by atoms with van der Waals surface area (Å²) in [4.78, 5) is 0. The summed E-state index contributed by atoms with van der Waals surface area (Å²) in [6, 6.07) is 0. The average Bonchev–Trinajstić information content (AvgIpc) is 2.37. The van der Waals surface area contributed by atoms with Crippen LogP contribution in [0.1, 0.15) is 41.5 Å². The minimum Gasteiger partial charge on any atom is -0.371 e. The minimum atomic E-state index is -0.717. The van der Waals surface area contributed by atoms with Crippen molar-refractivity contribution in [3.63, 3.8) is 0 Å². The molecular formula is C16H28O6. The number of hydrogen-bond donors (Lipinski definition) is 3. The van der Waals surface area contributed by atoms with E-state index in [2.05, 4.69) is 17.8 Å². The van der Waals surface area contributed by atoms with Crippen molar-refractivity contribution in [1.29, 1.82) is 0 Å². The van der Waals surface area contributed by atoms with E-state index >= 15 is 0 Å². The van der Waals surface area contributed by atoms with Crippen molar-refractivity contribution in [3.05, 3.63) is 0 Å². The van der Waals surface area contributed by atoms with Gasteiger partial charge in [-0.25, -0.2) is 0 Å². The molecule has 0 amide bonds. The van der Waals surface area contributed by atoms with E-state index in [1.807, 2.05) is 0 Å². The summed E-state index contributed by atoms with van der Waals surface area (Å²) >= 11 is 0. The highest BCUT2D eigenvalue weighted by Gasteiger charge is 2.18. The zero-order valence-corrected chi connectivity index (χ0v) is 14.3. The maximum absolute atomic E-state index is 8.57. The Balaban J connectivity index is 0. The largest absolute Gasteiger partial charge is 0.371 e. The molecule has 0 fully saturated rings. The van der Waals surface area contributed by atoms with E-state index in [-0.39, 0.29) is 20.4 Å². The van der Waals surface area contributed by atoms with Crippen LogP contribution in [0.25, 0.3) is 0 Å². The van der Waals surface area contributed by atoms with Crippen molar-refractivity contribution in [2.75, 3.05) is 20.4 Å². The van der Waals surface area contributed by atoms with E-state index in [1.165, 1.54) is 0 Å². The first-order chi connectivity index (χ1) is 9.95. The summed E-state index contributed by atoms with van der Waals surface area (Å²) in [5.41, 5.74) is -2.07. The summed E-state index contributed by atoms with van der Waals surface area (Å²) in [6.45, 7) is 9.32. The fraction of sp³-hybridized carbons (Fsp3) is 0.750. The second kappa shape index (κ2) is 10.6. The molecule has 0 heterocycles. The molecule has 0 spiro atoms. The van der Waals surface area contributed by atoms with E-state index < -0.39 is 16.8 Å². The van der Waals surface area contributed by atoms with Gasteiger partial charge in [0.05, 0.1) is 0 Å². The molecule has 0 aliphatic heterocycles. The van der Waals surface area contributed by atoms with Gasteiger partial charge in [-0.2, -0.15) is 0 Å². The summed E-state index contributed by atoms with van der Waals surface area (Å²) < 4.78 is 14.6. The van der Waals surface area contributed by atoms with Crippen molar-refractivity contribution in [2.24, 2.45) is 0 Å². The minimum absolute atomic E-state index is 0.322. The van der Waals surface area contributed by atoms with Gasteiger partial charge in [-0.3, -0.25) is 0 Å². The van der Waals surface area contributed by atoms with Gasteiger partial charge in [-0.1, -0.05) is 17.8 Å². The van der Waals surface area contributed by atoms with Crippen LogP contribution >= 0.6 is 0 Å². The summed E-state index contributed by atoms with van der Waals surface area (Å²) in [7, 11) is 0. The van der Waals surface area contributed by atoms with E-state index in [9.17, 15) is 0 Å². The van der Waals surface area contributed by atoms with Crippen LogP contribution in [0.2, 0.25) is 0 Å². The molecule has 0 rings (SSSR count). The lowest BCUT2D eigenvalue weighted by molar-refractivity contribution is -0.0740. The first-order valence-electron chi connectivity index (χ1n) is 6.72. The molecule has 6 nitrogen and oxygen atoms in total. The number of terminal acetylenes is 1. The zero-order chi connectivity index (χ0) is 17.9. The predicted molar refractivity (Wildman–Crippen MR) is 83.4 cm³/mol. The molecule has 0 aliphatic rings. The van der Waals surface area contributed by atoms with E-state index in [0.717, 1.165) is 0 Å². The number of ether oxygens (including phenoxy) is 3. The van der Waals surface area contributed by atoms with Crippen LogP contribution in [0.4, 0.5) is 0 Å². The van der Waals surface area contributed by atoms with Gasteiger partial charge in [0.1, 0.15) is 37.2 Å². The molecule has 3 N–H and O–H groups in total. The molecule has 0 unspecified atom stereocenters. The third-order valence-electron chi connectivity index (χ3n) is 2.29. The lowest BCUT2D eigenvalue weighted by atomic mass is 10.1. The van der Waals surface area contributed by atoms with Crippen molar-refractivity contribution < 1.29 is 29.5 Å². The van der Waals surface area contributed by atoms with Crippen LogP contribution in [-0.4, -0.2) is 52.5 Å². The zero-order valence-electron chi connectivity index (χ0n) is 14.3. The highest BCUT2D eigenvalue weighted by atomic mass is 16.6. The van der Waals surface area contributed by atoms with Gasteiger partial charge in [0, 0.05) is 0 Å². The fourth-order valence-corrected chi connectivity index (χ4v) is 0.899. The van der Waals surface area contributed by atoms with Crippen molar-refractivity contribution in [3.8, 4) is 24.2 Å². The van der Waals surface area contributed by atoms with Gasteiger partial charge in [0.15, 0.2) is 0 Å². The molecule has 128 valence electrons. The van der Waals surface area contributed by atoms with Crippen LogP contribution in [0.3, 0.4) is 0 Å². The Labute approximate surface area is 133 Å². The Hall–Kier alpha value is -1.12. The summed E-state index contributed by atoms with van der Waals surface area (Å²) in [5, 5.41) is 25.4. The van der Waals surface area contributed by atoms with Crippen molar-refractivity contribution >= 4 is 0 Å². The molecule has 0 atom stereocenters. The Morgan fingerprint density at radius 2 is 0.955 bits per heavy atom. The number of rotatable bonds is 6. The second-order valence-electron chi connectivity index (χ2n) is 5.75. The quantitative estimate of drug-likeness (QED) is 0.497. The molecule has 6 heteroatoms.